The van der Waals surface area contributed by atoms with Gasteiger partial charge in [-0.3, -0.25) is 4.79 Å². The Kier molecular flexibility index (Phi) is 4.81. The van der Waals surface area contributed by atoms with Crippen molar-refractivity contribution in [2.75, 3.05) is 13.3 Å². The standard InChI is InChI=1S/C19H19N3O4S/c1-11-15(8-18(23)20-6-5-14-9-27-12(2)21-14)22-19(26-11)13-3-4-16-17(7-13)25-10-24-16/h3-4,7,9H,5-6,8,10H2,1-2H3,(H,20,23). The van der Waals surface area contributed by atoms with Gasteiger partial charge in [0.15, 0.2) is 11.5 Å². The molecule has 0 bridgehead atoms. The predicted molar refractivity (Wildman–Crippen MR) is 100 cm³/mol. The van der Waals surface area contributed by atoms with Gasteiger partial charge < -0.3 is 19.2 Å². The molecule has 1 aliphatic rings. The van der Waals surface area contributed by atoms with Gasteiger partial charge in [0.1, 0.15) is 5.76 Å². The quantitative estimate of drug-likeness (QED) is 0.702. The summed E-state index contributed by atoms with van der Waals surface area (Å²) in [4.78, 5) is 21.1. The van der Waals surface area contributed by atoms with E-state index in [2.05, 4.69) is 15.3 Å². The molecule has 0 spiro atoms. The molecular formula is C19H19N3O4S. The predicted octanol–water partition coefficient (Wildman–Crippen LogP) is 3.05. The molecule has 4 rings (SSSR count). The number of thiazole rings is 1. The minimum absolute atomic E-state index is 0.0874. The van der Waals surface area contributed by atoms with E-state index in [9.17, 15) is 4.79 Å². The van der Waals surface area contributed by atoms with Gasteiger partial charge in [0.25, 0.3) is 0 Å². The molecule has 1 aliphatic heterocycles. The average molecular weight is 385 g/mol. The molecule has 0 saturated carbocycles. The molecule has 0 fully saturated rings. The lowest BCUT2D eigenvalue weighted by Crippen LogP contribution is -2.27. The van der Waals surface area contributed by atoms with Crippen LogP contribution >= 0.6 is 11.3 Å². The second-order valence-electron chi connectivity index (χ2n) is 6.22. The number of ether oxygens (including phenoxy) is 2. The van der Waals surface area contributed by atoms with Crippen molar-refractivity contribution in [2.45, 2.75) is 26.7 Å². The van der Waals surface area contributed by atoms with Crippen LogP contribution in [-0.4, -0.2) is 29.2 Å². The van der Waals surface area contributed by atoms with E-state index in [1.807, 2.05) is 37.4 Å². The molecule has 1 aromatic carbocycles. The van der Waals surface area contributed by atoms with Gasteiger partial charge in [-0.1, -0.05) is 0 Å². The van der Waals surface area contributed by atoms with Crippen LogP contribution in [0.3, 0.4) is 0 Å². The minimum atomic E-state index is -0.0874. The number of hydrogen-bond acceptors (Lipinski definition) is 7. The Bertz CT molecular complexity index is 979. The first kappa shape index (κ1) is 17.5. The summed E-state index contributed by atoms with van der Waals surface area (Å²) >= 11 is 1.61. The van der Waals surface area contributed by atoms with E-state index in [0.29, 0.717) is 35.4 Å². The molecule has 140 valence electrons. The highest BCUT2D eigenvalue weighted by atomic mass is 32.1. The lowest BCUT2D eigenvalue weighted by Gasteiger charge is -2.02. The molecule has 2 aromatic heterocycles. The summed E-state index contributed by atoms with van der Waals surface area (Å²) in [6, 6.07) is 5.51. The first-order valence-corrected chi connectivity index (χ1v) is 9.50. The highest BCUT2D eigenvalue weighted by molar-refractivity contribution is 7.09. The number of hydrogen-bond donors (Lipinski definition) is 1. The van der Waals surface area contributed by atoms with Crippen molar-refractivity contribution in [3.05, 3.63) is 45.7 Å². The molecule has 0 aliphatic carbocycles. The zero-order chi connectivity index (χ0) is 18.8. The van der Waals surface area contributed by atoms with Gasteiger partial charge in [-0.05, 0) is 32.0 Å². The number of aromatic nitrogens is 2. The number of benzene rings is 1. The maximum Gasteiger partial charge on any atom is 0.231 e. The molecular weight excluding hydrogens is 366 g/mol. The summed E-state index contributed by atoms with van der Waals surface area (Å²) in [6.07, 6.45) is 0.895. The third-order valence-electron chi connectivity index (χ3n) is 4.21. The first-order chi connectivity index (χ1) is 13.1. The third-order valence-corrected chi connectivity index (χ3v) is 5.03. The second kappa shape index (κ2) is 7.40. The number of amides is 1. The van der Waals surface area contributed by atoms with Crippen LogP contribution in [0, 0.1) is 13.8 Å². The average Bonchev–Trinajstić information content (AvgIpc) is 3.35. The molecule has 1 N–H and O–H groups in total. The number of carbonyl (C=O) groups is 1. The highest BCUT2D eigenvalue weighted by Gasteiger charge is 2.18. The van der Waals surface area contributed by atoms with Gasteiger partial charge in [-0.2, -0.15) is 0 Å². The van der Waals surface area contributed by atoms with Crippen LogP contribution in [0.15, 0.2) is 28.0 Å². The lowest BCUT2D eigenvalue weighted by atomic mass is 10.2. The number of aryl methyl sites for hydroxylation is 2. The Hall–Kier alpha value is -2.87. The number of rotatable bonds is 6. The van der Waals surface area contributed by atoms with Crippen molar-refractivity contribution in [2.24, 2.45) is 0 Å². The maximum atomic E-state index is 12.2. The summed E-state index contributed by atoms with van der Waals surface area (Å²) in [6.45, 7) is 4.55. The number of carbonyl (C=O) groups excluding carboxylic acids is 1. The van der Waals surface area contributed by atoms with Crippen LogP contribution in [0.1, 0.15) is 22.2 Å². The maximum absolute atomic E-state index is 12.2. The molecule has 3 heterocycles. The van der Waals surface area contributed by atoms with Crippen LogP contribution in [0.4, 0.5) is 0 Å². The monoisotopic (exact) mass is 385 g/mol. The first-order valence-electron chi connectivity index (χ1n) is 8.62. The summed E-state index contributed by atoms with van der Waals surface area (Å²) in [5.74, 6) is 2.38. The van der Waals surface area contributed by atoms with E-state index in [1.54, 1.807) is 11.3 Å². The van der Waals surface area contributed by atoms with Gasteiger partial charge >= 0.3 is 0 Å². The summed E-state index contributed by atoms with van der Waals surface area (Å²) in [7, 11) is 0. The van der Waals surface area contributed by atoms with Gasteiger partial charge in [-0.25, -0.2) is 9.97 Å². The molecule has 7 nitrogen and oxygen atoms in total. The summed E-state index contributed by atoms with van der Waals surface area (Å²) < 4.78 is 16.4. The number of nitrogens with one attached hydrogen (secondary N) is 1. The van der Waals surface area contributed by atoms with Crippen molar-refractivity contribution < 1.29 is 18.7 Å². The fourth-order valence-corrected chi connectivity index (χ4v) is 3.46. The Morgan fingerprint density at radius 2 is 2.07 bits per heavy atom. The molecule has 0 radical (unpaired) electrons. The zero-order valence-corrected chi connectivity index (χ0v) is 15.9. The van der Waals surface area contributed by atoms with Crippen LogP contribution in [0.25, 0.3) is 11.5 Å². The molecule has 27 heavy (non-hydrogen) atoms. The van der Waals surface area contributed by atoms with Crippen molar-refractivity contribution in [1.82, 2.24) is 15.3 Å². The van der Waals surface area contributed by atoms with E-state index < -0.39 is 0 Å². The zero-order valence-electron chi connectivity index (χ0n) is 15.1. The van der Waals surface area contributed by atoms with Crippen LogP contribution in [-0.2, 0) is 17.6 Å². The van der Waals surface area contributed by atoms with E-state index in [0.717, 1.165) is 22.7 Å². The summed E-state index contributed by atoms with van der Waals surface area (Å²) in [5, 5.41) is 5.95. The van der Waals surface area contributed by atoms with Crippen molar-refractivity contribution in [3.8, 4) is 23.0 Å². The van der Waals surface area contributed by atoms with Gasteiger partial charge in [-0.15, -0.1) is 11.3 Å². The lowest BCUT2D eigenvalue weighted by molar-refractivity contribution is -0.120. The van der Waals surface area contributed by atoms with E-state index >= 15 is 0 Å². The Labute approximate surface area is 160 Å². The van der Waals surface area contributed by atoms with Gasteiger partial charge in [0, 0.05) is 23.9 Å². The highest BCUT2D eigenvalue weighted by Crippen LogP contribution is 2.36. The van der Waals surface area contributed by atoms with Crippen LogP contribution in [0.5, 0.6) is 11.5 Å². The van der Waals surface area contributed by atoms with Crippen LogP contribution in [0.2, 0.25) is 0 Å². The molecule has 0 saturated heterocycles. The topological polar surface area (TPSA) is 86.5 Å². The van der Waals surface area contributed by atoms with Crippen molar-refractivity contribution in [3.63, 3.8) is 0 Å². The van der Waals surface area contributed by atoms with E-state index in [1.165, 1.54) is 0 Å². The largest absolute Gasteiger partial charge is 0.454 e. The number of oxazole rings is 1. The molecule has 1 amide bonds. The minimum Gasteiger partial charge on any atom is -0.454 e. The smallest absolute Gasteiger partial charge is 0.231 e. The fraction of sp³-hybridized carbons (Fsp3) is 0.316. The SMILES string of the molecule is Cc1nc(CCNC(=O)Cc2nc(-c3ccc4c(c3)OCO4)oc2C)cs1. The summed E-state index contributed by atoms with van der Waals surface area (Å²) in [5.41, 5.74) is 2.41. The van der Waals surface area contributed by atoms with Gasteiger partial charge in [0.05, 0.1) is 22.8 Å². The Balaban J connectivity index is 1.37. The Morgan fingerprint density at radius 3 is 2.89 bits per heavy atom. The van der Waals surface area contributed by atoms with Crippen molar-refractivity contribution in [1.29, 1.82) is 0 Å². The second-order valence-corrected chi connectivity index (χ2v) is 7.29. The molecule has 3 aromatic rings. The normalized spacial score (nSPS) is 12.4. The van der Waals surface area contributed by atoms with Gasteiger partial charge in [0.2, 0.25) is 18.6 Å². The molecule has 8 heteroatoms. The van der Waals surface area contributed by atoms with Crippen molar-refractivity contribution >= 4 is 17.2 Å². The Morgan fingerprint density at radius 1 is 1.22 bits per heavy atom. The number of fused-ring (bicyclic) bond motifs is 1. The molecule has 0 unspecified atom stereocenters. The van der Waals surface area contributed by atoms with Crippen LogP contribution < -0.4 is 14.8 Å². The van der Waals surface area contributed by atoms with E-state index in [4.69, 9.17) is 13.9 Å². The number of nitrogens with zero attached hydrogens (tertiary/aromatic N) is 2. The molecule has 0 atom stereocenters. The third kappa shape index (κ3) is 3.95. The van der Waals surface area contributed by atoms with E-state index in [-0.39, 0.29) is 19.1 Å². The fourth-order valence-electron chi connectivity index (χ4n) is 2.81.